The van der Waals surface area contributed by atoms with E-state index in [2.05, 4.69) is 15.5 Å². The molecule has 1 saturated heterocycles. The number of thioether (sulfide) groups is 1. The number of nitrogens with one attached hydrogen (secondary N) is 2. The summed E-state index contributed by atoms with van der Waals surface area (Å²) in [5, 5.41) is 5.82. The number of carbonyl (C=O) groups is 2. The molecule has 4 rings (SSSR count). The number of halogens is 1. The molecule has 7 heteroatoms. The van der Waals surface area contributed by atoms with Gasteiger partial charge in [-0.15, -0.1) is 0 Å². The second-order valence-corrected chi connectivity index (χ2v) is 9.01. The molecular formula is C20H26FN3O2S. The van der Waals surface area contributed by atoms with Crippen LogP contribution in [-0.4, -0.2) is 53.4 Å². The summed E-state index contributed by atoms with van der Waals surface area (Å²) in [5.41, 5.74) is 1.16. The number of amides is 2. The van der Waals surface area contributed by atoms with E-state index in [1.54, 1.807) is 6.07 Å². The molecule has 2 N–H and O–H groups in total. The fraction of sp³-hybridized carbons (Fsp3) is 0.600. The van der Waals surface area contributed by atoms with E-state index in [0.717, 1.165) is 37.4 Å². The molecule has 146 valence electrons. The van der Waals surface area contributed by atoms with Crippen molar-refractivity contribution < 1.29 is 14.0 Å². The first-order chi connectivity index (χ1) is 13.1. The summed E-state index contributed by atoms with van der Waals surface area (Å²) >= 11 is 1.99. The summed E-state index contributed by atoms with van der Waals surface area (Å²) in [6.07, 6.45) is 4.74. The van der Waals surface area contributed by atoms with Gasteiger partial charge in [-0.3, -0.25) is 14.5 Å². The van der Waals surface area contributed by atoms with Crippen LogP contribution in [0.25, 0.3) is 0 Å². The van der Waals surface area contributed by atoms with E-state index < -0.39 is 11.7 Å². The monoisotopic (exact) mass is 391 g/mol. The molecule has 1 aromatic carbocycles. The van der Waals surface area contributed by atoms with Crippen molar-refractivity contribution in [2.45, 2.75) is 43.6 Å². The molecular weight excluding hydrogens is 365 g/mol. The topological polar surface area (TPSA) is 61.4 Å². The minimum Gasteiger partial charge on any atom is -0.354 e. The molecule has 1 aromatic rings. The van der Waals surface area contributed by atoms with Gasteiger partial charge in [0.15, 0.2) is 0 Å². The Bertz CT molecular complexity index is 730. The zero-order valence-electron chi connectivity index (χ0n) is 15.4. The largest absolute Gasteiger partial charge is 0.354 e. The molecule has 0 bridgehead atoms. The smallest absolute Gasteiger partial charge is 0.228 e. The molecule has 2 aliphatic heterocycles. The fourth-order valence-electron chi connectivity index (χ4n) is 4.72. The third-order valence-corrected chi connectivity index (χ3v) is 7.12. The van der Waals surface area contributed by atoms with E-state index in [-0.39, 0.29) is 23.8 Å². The van der Waals surface area contributed by atoms with Crippen LogP contribution >= 0.6 is 11.8 Å². The Hall–Kier alpha value is -1.60. The Morgan fingerprint density at radius 2 is 2.04 bits per heavy atom. The van der Waals surface area contributed by atoms with E-state index in [1.165, 1.54) is 25.0 Å². The Labute approximate surface area is 163 Å². The fourth-order valence-corrected chi connectivity index (χ4v) is 5.62. The van der Waals surface area contributed by atoms with Crippen molar-refractivity contribution in [1.29, 1.82) is 0 Å². The highest BCUT2D eigenvalue weighted by Gasteiger charge is 2.41. The van der Waals surface area contributed by atoms with E-state index in [1.807, 2.05) is 11.8 Å². The molecule has 0 aromatic heterocycles. The van der Waals surface area contributed by atoms with Crippen LogP contribution in [0.4, 0.5) is 10.1 Å². The molecule has 2 fully saturated rings. The first-order valence-electron chi connectivity index (χ1n) is 9.77. The maximum atomic E-state index is 13.5. The number of carbonyl (C=O) groups excluding carboxylic acids is 2. The van der Waals surface area contributed by atoms with Gasteiger partial charge in [-0.05, 0) is 30.5 Å². The molecule has 5 nitrogen and oxygen atoms in total. The molecule has 27 heavy (non-hydrogen) atoms. The van der Waals surface area contributed by atoms with Crippen LogP contribution in [0.2, 0.25) is 0 Å². The summed E-state index contributed by atoms with van der Waals surface area (Å²) in [6, 6.07) is 4.25. The van der Waals surface area contributed by atoms with Crippen molar-refractivity contribution in [1.82, 2.24) is 10.2 Å². The Morgan fingerprint density at radius 1 is 1.30 bits per heavy atom. The molecule has 0 spiro atoms. The number of hydrogen-bond acceptors (Lipinski definition) is 4. The summed E-state index contributed by atoms with van der Waals surface area (Å²) in [7, 11) is 0. The quantitative estimate of drug-likeness (QED) is 0.829. The average molecular weight is 392 g/mol. The van der Waals surface area contributed by atoms with Crippen molar-refractivity contribution in [2.24, 2.45) is 0 Å². The Kier molecular flexibility index (Phi) is 5.41. The van der Waals surface area contributed by atoms with Crippen LogP contribution in [0.1, 0.15) is 43.6 Å². The lowest BCUT2D eigenvalue weighted by Crippen LogP contribution is -2.57. The van der Waals surface area contributed by atoms with Crippen LogP contribution in [0, 0.1) is 5.82 Å². The van der Waals surface area contributed by atoms with Gasteiger partial charge in [0, 0.05) is 48.8 Å². The third-order valence-electron chi connectivity index (χ3n) is 6.18. The maximum absolute atomic E-state index is 13.5. The molecule has 3 aliphatic rings. The number of rotatable bonds is 4. The maximum Gasteiger partial charge on any atom is 0.228 e. The number of benzene rings is 1. The highest BCUT2D eigenvalue weighted by molar-refractivity contribution is 7.99. The molecule has 2 heterocycles. The van der Waals surface area contributed by atoms with Crippen LogP contribution < -0.4 is 10.6 Å². The highest BCUT2D eigenvalue weighted by atomic mass is 32.2. The zero-order chi connectivity index (χ0) is 18.9. The van der Waals surface area contributed by atoms with E-state index >= 15 is 0 Å². The van der Waals surface area contributed by atoms with Crippen molar-refractivity contribution in [3.63, 3.8) is 0 Å². The van der Waals surface area contributed by atoms with Gasteiger partial charge in [-0.1, -0.05) is 18.9 Å². The minimum absolute atomic E-state index is 0.0548. The number of hydrogen-bond donors (Lipinski definition) is 2. The minimum atomic E-state index is -0.551. The van der Waals surface area contributed by atoms with Crippen molar-refractivity contribution in [3.05, 3.63) is 29.6 Å². The van der Waals surface area contributed by atoms with Gasteiger partial charge in [0.2, 0.25) is 11.8 Å². The number of nitrogens with zero attached hydrogens (tertiary/aromatic N) is 1. The summed E-state index contributed by atoms with van der Waals surface area (Å²) in [6.45, 7) is 2.79. The molecule has 2 amide bonds. The predicted molar refractivity (Wildman–Crippen MR) is 105 cm³/mol. The van der Waals surface area contributed by atoms with Crippen LogP contribution in [0.5, 0.6) is 0 Å². The molecule has 0 radical (unpaired) electrons. The second kappa shape index (κ2) is 7.80. The van der Waals surface area contributed by atoms with Crippen LogP contribution in [0.15, 0.2) is 18.2 Å². The normalized spacial score (nSPS) is 24.9. The van der Waals surface area contributed by atoms with Crippen molar-refractivity contribution in [3.8, 4) is 0 Å². The lowest BCUT2D eigenvalue weighted by atomic mass is 9.89. The van der Waals surface area contributed by atoms with Crippen LogP contribution in [-0.2, 0) is 9.59 Å². The second-order valence-electron chi connectivity index (χ2n) is 7.79. The van der Waals surface area contributed by atoms with Crippen molar-refractivity contribution in [2.75, 3.05) is 36.5 Å². The van der Waals surface area contributed by atoms with Gasteiger partial charge in [0.05, 0.1) is 5.92 Å². The predicted octanol–water partition coefficient (Wildman–Crippen LogP) is 2.73. The van der Waals surface area contributed by atoms with Gasteiger partial charge in [-0.25, -0.2) is 4.39 Å². The SMILES string of the molecule is O=C1CC(C(=O)NCC2(N3CCSCC3)CCCC2)c2ccc(F)cc2N1. The molecule has 1 aliphatic carbocycles. The van der Waals surface area contributed by atoms with Gasteiger partial charge in [-0.2, -0.15) is 11.8 Å². The van der Waals surface area contributed by atoms with E-state index in [4.69, 9.17) is 0 Å². The molecule has 1 saturated carbocycles. The summed E-state index contributed by atoms with van der Waals surface area (Å²) in [5.74, 6) is 0.967. The first-order valence-corrected chi connectivity index (χ1v) is 10.9. The van der Waals surface area contributed by atoms with Gasteiger partial charge < -0.3 is 10.6 Å². The van der Waals surface area contributed by atoms with Gasteiger partial charge in [0.1, 0.15) is 5.82 Å². The highest BCUT2D eigenvalue weighted by Crippen LogP contribution is 2.37. The Morgan fingerprint density at radius 3 is 2.78 bits per heavy atom. The number of anilines is 1. The lowest BCUT2D eigenvalue weighted by molar-refractivity contribution is -0.126. The lowest BCUT2D eigenvalue weighted by Gasteiger charge is -2.43. The van der Waals surface area contributed by atoms with Gasteiger partial charge in [0.25, 0.3) is 0 Å². The summed E-state index contributed by atoms with van der Waals surface area (Å²) in [4.78, 5) is 27.5. The third kappa shape index (κ3) is 3.85. The average Bonchev–Trinajstić information content (AvgIpc) is 3.16. The van der Waals surface area contributed by atoms with E-state index in [9.17, 15) is 14.0 Å². The molecule has 1 unspecified atom stereocenters. The van der Waals surface area contributed by atoms with E-state index in [0.29, 0.717) is 17.8 Å². The zero-order valence-corrected chi connectivity index (χ0v) is 16.2. The van der Waals surface area contributed by atoms with Gasteiger partial charge >= 0.3 is 0 Å². The standard InChI is InChI=1S/C20H26FN3O2S/c21-14-3-4-15-16(12-18(25)23-17(15)11-14)19(26)22-13-20(5-1-2-6-20)24-7-9-27-10-8-24/h3-4,11,16H,1-2,5-10,12-13H2,(H,22,26)(H,23,25). The molecule has 1 atom stereocenters. The van der Waals surface area contributed by atoms with Crippen molar-refractivity contribution >= 4 is 29.3 Å². The first kappa shape index (κ1) is 18.7. The Balaban J connectivity index is 1.48. The summed E-state index contributed by atoms with van der Waals surface area (Å²) < 4.78 is 13.5. The van der Waals surface area contributed by atoms with Crippen LogP contribution in [0.3, 0.4) is 0 Å². The number of fused-ring (bicyclic) bond motifs is 1.